The molecule has 2 N–H and O–H groups in total. The van der Waals surface area contributed by atoms with Gasteiger partial charge in [0.15, 0.2) is 0 Å². The Morgan fingerprint density at radius 2 is 1.95 bits per heavy atom. The normalized spacial score (nSPS) is 13.2. The van der Waals surface area contributed by atoms with Crippen molar-refractivity contribution in [3.63, 3.8) is 0 Å². The molecular weight excluding hydrogens is 266 g/mol. The van der Waals surface area contributed by atoms with Crippen LogP contribution in [0.4, 0.5) is 0 Å². The van der Waals surface area contributed by atoms with E-state index in [1.165, 1.54) is 4.31 Å². The lowest BCUT2D eigenvalue weighted by Gasteiger charge is -2.26. The van der Waals surface area contributed by atoms with Gasteiger partial charge in [0.05, 0.1) is 0 Å². The van der Waals surface area contributed by atoms with E-state index in [1.54, 1.807) is 14.2 Å². The molecule has 116 valence electrons. The molecule has 0 rings (SSSR count). The van der Waals surface area contributed by atoms with E-state index >= 15 is 0 Å². The summed E-state index contributed by atoms with van der Waals surface area (Å²) < 4.78 is 33.1. The number of hydrogen-bond acceptors (Lipinski definition) is 4. The first-order valence-electron chi connectivity index (χ1n) is 6.59. The zero-order valence-corrected chi connectivity index (χ0v) is 13.6. The van der Waals surface area contributed by atoms with Crippen LogP contribution < -0.4 is 10.0 Å². The van der Waals surface area contributed by atoms with Crippen LogP contribution in [0.3, 0.4) is 0 Å². The minimum absolute atomic E-state index is 0.116. The van der Waals surface area contributed by atoms with Crippen LogP contribution in [-0.2, 0) is 14.9 Å². The third kappa shape index (κ3) is 8.54. The fourth-order valence-electron chi connectivity index (χ4n) is 1.46. The number of nitrogens with one attached hydrogen (secondary N) is 2. The molecule has 0 aliphatic carbocycles. The van der Waals surface area contributed by atoms with Crippen molar-refractivity contribution >= 4 is 10.2 Å². The highest BCUT2D eigenvalue weighted by Gasteiger charge is 2.23. The molecule has 0 aliphatic rings. The summed E-state index contributed by atoms with van der Waals surface area (Å²) in [5, 5.41) is 3.00. The van der Waals surface area contributed by atoms with Gasteiger partial charge in [-0.1, -0.05) is 13.8 Å². The summed E-state index contributed by atoms with van der Waals surface area (Å²) in [7, 11) is 1.71. The number of methoxy groups -OCH3 is 1. The van der Waals surface area contributed by atoms with E-state index in [0.29, 0.717) is 19.7 Å². The number of ether oxygens (including phenoxy) is 1. The van der Waals surface area contributed by atoms with Crippen LogP contribution in [0.2, 0.25) is 0 Å². The minimum Gasteiger partial charge on any atom is -0.385 e. The lowest BCUT2D eigenvalue weighted by molar-refractivity contribution is 0.153. The molecular formula is C12H29N3O3S. The highest BCUT2D eigenvalue weighted by atomic mass is 32.2. The predicted molar refractivity (Wildman–Crippen MR) is 78.4 cm³/mol. The predicted octanol–water partition coefficient (Wildman–Crippen LogP) is 0.425. The van der Waals surface area contributed by atoms with Crippen LogP contribution in [0.15, 0.2) is 0 Å². The van der Waals surface area contributed by atoms with Crippen LogP contribution in [0.1, 0.15) is 26.7 Å². The first-order chi connectivity index (χ1) is 8.75. The van der Waals surface area contributed by atoms with E-state index < -0.39 is 10.2 Å². The van der Waals surface area contributed by atoms with E-state index in [9.17, 15) is 8.42 Å². The second-order valence-corrected chi connectivity index (χ2v) is 7.37. The molecule has 19 heavy (non-hydrogen) atoms. The first-order valence-corrected chi connectivity index (χ1v) is 8.03. The van der Waals surface area contributed by atoms with Gasteiger partial charge in [-0.05, 0) is 31.8 Å². The maximum Gasteiger partial charge on any atom is 0.279 e. The Morgan fingerprint density at radius 3 is 2.47 bits per heavy atom. The number of hydrogen-bond donors (Lipinski definition) is 2. The smallest absolute Gasteiger partial charge is 0.279 e. The maximum absolute atomic E-state index is 12.0. The number of rotatable bonds is 11. The second-order valence-electron chi connectivity index (χ2n) is 5.51. The Morgan fingerprint density at radius 1 is 1.32 bits per heavy atom. The zero-order chi connectivity index (χ0) is 14.9. The molecule has 0 unspecified atom stereocenters. The van der Waals surface area contributed by atoms with Crippen molar-refractivity contribution in [2.45, 2.75) is 26.7 Å². The van der Waals surface area contributed by atoms with E-state index in [-0.39, 0.29) is 5.41 Å². The third-order valence-corrected chi connectivity index (χ3v) is 4.54. The van der Waals surface area contributed by atoms with E-state index in [0.717, 1.165) is 19.4 Å². The van der Waals surface area contributed by atoms with E-state index in [2.05, 4.69) is 10.0 Å². The summed E-state index contributed by atoms with van der Waals surface area (Å²) in [6, 6.07) is 0. The second kappa shape index (κ2) is 8.86. The topological polar surface area (TPSA) is 70.7 Å². The van der Waals surface area contributed by atoms with Gasteiger partial charge in [-0.3, -0.25) is 0 Å². The summed E-state index contributed by atoms with van der Waals surface area (Å²) in [6.07, 6.45) is 1.61. The largest absolute Gasteiger partial charge is 0.385 e. The van der Waals surface area contributed by atoms with E-state index in [1.807, 2.05) is 20.9 Å². The third-order valence-electron chi connectivity index (χ3n) is 3.03. The molecule has 0 aliphatic heterocycles. The molecule has 0 amide bonds. The van der Waals surface area contributed by atoms with Gasteiger partial charge in [-0.15, -0.1) is 0 Å². The lowest BCUT2D eigenvalue weighted by atomic mass is 9.90. The average molecular weight is 295 g/mol. The quantitative estimate of drug-likeness (QED) is 0.542. The molecule has 0 aromatic carbocycles. The van der Waals surface area contributed by atoms with E-state index in [4.69, 9.17) is 4.74 Å². The molecule has 0 saturated heterocycles. The van der Waals surface area contributed by atoms with Crippen molar-refractivity contribution in [1.82, 2.24) is 14.3 Å². The highest BCUT2D eigenvalue weighted by Crippen LogP contribution is 2.19. The minimum atomic E-state index is -3.38. The highest BCUT2D eigenvalue weighted by molar-refractivity contribution is 7.87. The van der Waals surface area contributed by atoms with Gasteiger partial charge in [0.1, 0.15) is 0 Å². The molecule has 0 atom stereocenters. The van der Waals surface area contributed by atoms with Gasteiger partial charge in [-0.2, -0.15) is 12.7 Å². The Hall–Kier alpha value is -0.210. The first kappa shape index (κ1) is 18.8. The van der Waals surface area contributed by atoms with Crippen molar-refractivity contribution < 1.29 is 13.2 Å². The fourth-order valence-corrected chi connectivity index (χ4v) is 2.63. The Labute approximate surface area is 118 Å². The number of nitrogens with zero attached hydrogens (tertiary/aromatic N) is 1. The molecule has 0 radical (unpaired) electrons. The zero-order valence-electron chi connectivity index (χ0n) is 12.8. The summed E-state index contributed by atoms with van der Waals surface area (Å²) in [6.45, 7) is 6.40. The van der Waals surface area contributed by atoms with Crippen molar-refractivity contribution in [3.05, 3.63) is 0 Å². The van der Waals surface area contributed by atoms with Crippen LogP contribution in [0.25, 0.3) is 0 Å². The van der Waals surface area contributed by atoms with Crippen LogP contribution in [0, 0.1) is 5.41 Å². The van der Waals surface area contributed by atoms with Crippen molar-refractivity contribution in [2.24, 2.45) is 5.41 Å². The van der Waals surface area contributed by atoms with Crippen molar-refractivity contribution in [2.75, 3.05) is 47.4 Å². The Balaban J connectivity index is 4.21. The van der Waals surface area contributed by atoms with Gasteiger partial charge < -0.3 is 10.1 Å². The monoisotopic (exact) mass is 295 g/mol. The molecule has 0 aromatic heterocycles. The van der Waals surface area contributed by atoms with Gasteiger partial charge in [0.2, 0.25) is 0 Å². The van der Waals surface area contributed by atoms with Crippen molar-refractivity contribution in [3.8, 4) is 0 Å². The Kier molecular flexibility index (Phi) is 8.76. The fraction of sp³-hybridized carbons (Fsp3) is 1.00. The SMILES string of the molecule is CNCCCN(C)S(=O)(=O)NCC(C)(C)CCOC. The lowest BCUT2D eigenvalue weighted by Crippen LogP contribution is -2.43. The summed E-state index contributed by atoms with van der Waals surface area (Å²) in [5.74, 6) is 0. The summed E-state index contributed by atoms with van der Waals surface area (Å²) >= 11 is 0. The Bertz CT molecular complexity index is 331. The van der Waals surface area contributed by atoms with Gasteiger partial charge in [0, 0.05) is 33.9 Å². The molecule has 0 aromatic rings. The molecule has 0 saturated carbocycles. The molecule has 0 spiro atoms. The average Bonchev–Trinajstić information content (AvgIpc) is 2.34. The maximum atomic E-state index is 12.0. The summed E-state index contributed by atoms with van der Waals surface area (Å²) in [5.41, 5.74) is -0.116. The van der Waals surface area contributed by atoms with Crippen LogP contribution >= 0.6 is 0 Å². The molecule has 0 fully saturated rings. The van der Waals surface area contributed by atoms with Crippen LogP contribution in [-0.4, -0.2) is 60.2 Å². The standard InChI is InChI=1S/C12H29N3O3S/c1-12(2,7-10-18-5)11-14-19(16,17)15(4)9-6-8-13-3/h13-14H,6-11H2,1-5H3. The van der Waals surface area contributed by atoms with Gasteiger partial charge >= 0.3 is 0 Å². The van der Waals surface area contributed by atoms with Crippen molar-refractivity contribution in [1.29, 1.82) is 0 Å². The van der Waals surface area contributed by atoms with Crippen LogP contribution in [0.5, 0.6) is 0 Å². The van der Waals surface area contributed by atoms with Gasteiger partial charge in [0.25, 0.3) is 10.2 Å². The summed E-state index contributed by atoms with van der Waals surface area (Å²) in [4.78, 5) is 0. The molecule has 6 nitrogen and oxygen atoms in total. The molecule has 7 heteroatoms. The molecule has 0 bridgehead atoms. The van der Waals surface area contributed by atoms with Gasteiger partial charge in [-0.25, -0.2) is 4.72 Å². The molecule has 0 heterocycles.